The Balaban J connectivity index is 1.97. The molecule has 0 amide bonds. The number of carbonyl (C=O) groups excluding carboxylic acids is 1. The van der Waals surface area contributed by atoms with E-state index in [0.29, 0.717) is 5.56 Å². The van der Waals surface area contributed by atoms with Crippen molar-refractivity contribution in [2.75, 3.05) is 0 Å². The van der Waals surface area contributed by atoms with Crippen LogP contribution < -0.4 is 5.73 Å². The van der Waals surface area contributed by atoms with Crippen molar-refractivity contribution in [3.8, 4) is 0 Å². The molecule has 2 N–H and O–H groups in total. The Morgan fingerprint density at radius 1 is 1.07 bits per heavy atom. The van der Waals surface area contributed by atoms with Crippen LogP contribution in [0.2, 0.25) is 0 Å². The molecule has 0 fully saturated rings. The Labute approximate surface area is 169 Å². The van der Waals surface area contributed by atoms with Gasteiger partial charge in [-0.1, -0.05) is 42.5 Å². The molecule has 0 aliphatic carbocycles. The van der Waals surface area contributed by atoms with E-state index in [2.05, 4.69) is 0 Å². The number of rotatable bonds is 5. The topological polar surface area (TPSA) is 95.7 Å². The van der Waals surface area contributed by atoms with Gasteiger partial charge in [0.2, 0.25) is 17.4 Å². The highest BCUT2D eigenvalue weighted by Crippen LogP contribution is 2.39. The predicted octanol–water partition coefficient (Wildman–Crippen LogP) is -1.10. The maximum Gasteiger partial charge on any atom is 0.304 e. The summed E-state index contributed by atoms with van der Waals surface area (Å²) in [7, 11) is -0.455. The smallest absolute Gasteiger partial charge is 0.304 e. The van der Waals surface area contributed by atoms with Crippen LogP contribution in [0.4, 0.5) is 8.78 Å². The lowest BCUT2D eigenvalue weighted by atomic mass is 9.65. The number of hydrogen-bond donors (Lipinski definition) is 1. The first-order valence-electron chi connectivity index (χ1n) is 8.59. The van der Waals surface area contributed by atoms with Crippen molar-refractivity contribution >= 4 is 39.4 Å². The minimum Gasteiger partial charge on any atom is -0.467 e. The zero-order valence-corrected chi connectivity index (χ0v) is 16.7. The molecule has 2 aromatic carbocycles. The van der Waals surface area contributed by atoms with E-state index in [0.717, 1.165) is 20.0 Å². The van der Waals surface area contributed by atoms with Crippen LogP contribution in [-0.2, 0) is 33.9 Å². The summed E-state index contributed by atoms with van der Waals surface area (Å²) in [6, 6.07) is 11.5. The Bertz CT molecular complexity index is 1130. The molecular formula is C17H16B3F2NO5S. The molecule has 1 aliphatic rings. The van der Waals surface area contributed by atoms with Gasteiger partial charge in [-0.15, -0.1) is 0 Å². The molecule has 3 rings (SSSR count). The fraction of sp³-hybridized carbons (Fsp3) is 0.118. The van der Waals surface area contributed by atoms with Gasteiger partial charge in [0.25, 0.3) is 0 Å². The van der Waals surface area contributed by atoms with E-state index in [1.54, 1.807) is 30.3 Å². The second-order valence-corrected chi connectivity index (χ2v) is 9.27. The molecule has 0 radical (unpaired) electrons. The van der Waals surface area contributed by atoms with Gasteiger partial charge in [0.15, 0.2) is 25.0 Å². The fourth-order valence-corrected chi connectivity index (χ4v) is 3.98. The zero-order valence-electron chi connectivity index (χ0n) is 15.9. The Kier molecular flexibility index (Phi) is 5.02. The number of nitrogens with two attached hydrogens (primary N) is 1. The normalized spacial score (nSPS) is 19.9. The fourth-order valence-electron chi connectivity index (χ4n) is 2.97. The van der Waals surface area contributed by atoms with Gasteiger partial charge in [0.1, 0.15) is 15.7 Å². The summed E-state index contributed by atoms with van der Waals surface area (Å²) < 4.78 is 62.5. The highest BCUT2D eigenvalue weighted by Gasteiger charge is 2.52. The van der Waals surface area contributed by atoms with Gasteiger partial charge in [-0.3, -0.25) is 4.79 Å². The third-order valence-electron chi connectivity index (χ3n) is 4.93. The maximum atomic E-state index is 14.2. The Morgan fingerprint density at radius 2 is 1.69 bits per heavy atom. The molecule has 6 nitrogen and oxygen atoms in total. The molecule has 148 valence electrons. The summed E-state index contributed by atoms with van der Waals surface area (Å²) in [6.45, 7) is 0. The van der Waals surface area contributed by atoms with Crippen LogP contribution >= 0.6 is 0 Å². The molecule has 0 saturated carbocycles. The molecule has 2 aromatic rings. The van der Waals surface area contributed by atoms with E-state index in [1.165, 1.54) is 21.8 Å². The summed E-state index contributed by atoms with van der Waals surface area (Å²) in [6.07, 6.45) is 0. The van der Waals surface area contributed by atoms with Gasteiger partial charge in [-0.05, 0) is 11.6 Å². The van der Waals surface area contributed by atoms with Crippen LogP contribution in [0.15, 0.2) is 60.2 Å². The molecule has 0 saturated heterocycles. The van der Waals surface area contributed by atoms with Gasteiger partial charge in [0, 0.05) is 5.56 Å². The van der Waals surface area contributed by atoms with Crippen molar-refractivity contribution in [1.29, 1.82) is 0 Å². The lowest BCUT2D eigenvalue weighted by Crippen LogP contribution is -2.40. The number of benzene rings is 2. The molecule has 1 atom stereocenters. The summed E-state index contributed by atoms with van der Waals surface area (Å²) in [5.41, 5.74) is 3.61. The quantitative estimate of drug-likeness (QED) is 0.491. The molecule has 1 heterocycles. The highest BCUT2D eigenvalue weighted by molar-refractivity contribution is 7.90. The van der Waals surface area contributed by atoms with Crippen molar-refractivity contribution in [1.82, 2.24) is 0 Å². The molecule has 0 spiro atoms. The molecule has 12 heteroatoms. The SMILES string of the molecule is BC1(c2cccc(F)c2F)OC(N)=C(OS(=O)(=O)C(B)(B)c2ccccc2)C1=O. The summed E-state index contributed by atoms with van der Waals surface area (Å²) >= 11 is 0. The lowest BCUT2D eigenvalue weighted by molar-refractivity contribution is -0.126. The zero-order chi connectivity index (χ0) is 21.6. The van der Waals surface area contributed by atoms with Crippen LogP contribution in [0.5, 0.6) is 0 Å². The molecule has 0 bridgehead atoms. The molecule has 1 unspecified atom stereocenters. The van der Waals surface area contributed by atoms with Gasteiger partial charge in [0.05, 0.1) is 4.55 Å². The number of Topliss-reactive ketones (excluding diaryl/α,β-unsaturated/α-hetero) is 1. The second-order valence-electron chi connectivity index (χ2n) is 7.17. The first-order chi connectivity index (χ1) is 13.4. The molecule has 29 heavy (non-hydrogen) atoms. The van der Waals surface area contributed by atoms with Crippen LogP contribution in [0.25, 0.3) is 0 Å². The largest absolute Gasteiger partial charge is 0.467 e. The number of ketones is 1. The van der Waals surface area contributed by atoms with Crippen LogP contribution in [0.1, 0.15) is 11.1 Å². The molecular weight excluding hydrogens is 401 g/mol. The minimum atomic E-state index is -4.42. The van der Waals surface area contributed by atoms with Gasteiger partial charge >= 0.3 is 10.1 Å². The van der Waals surface area contributed by atoms with Crippen molar-refractivity contribution < 1.29 is 30.9 Å². The third kappa shape index (κ3) is 3.31. The monoisotopic (exact) mass is 417 g/mol. The predicted molar refractivity (Wildman–Crippen MR) is 109 cm³/mol. The highest BCUT2D eigenvalue weighted by atomic mass is 32.2. The average Bonchev–Trinajstić information content (AvgIpc) is 2.88. The standard InChI is InChI=1S/C17H16B3F2NO5S/c18-16(10-7-4-8-11(21)12(10)22)14(24)13(15(23)27-16)28-29(25,26)17(19,20)9-5-2-1-3-6-9/h1-8H,18-20,23H2. The minimum absolute atomic E-state index is 0.421. The number of carbonyl (C=O) groups is 1. The van der Waals surface area contributed by atoms with Gasteiger partial charge in [-0.25, -0.2) is 8.78 Å². The second kappa shape index (κ2) is 6.94. The van der Waals surface area contributed by atoms with Crippen molar-refractivity contribution in [2.45, 2.75) is 10.0 Å². The molecule has 1 aliphatic heterocycles. The van der Waals surface area contributed by atoms with Crippen molar-refractivity contribution in [3.05, 3.63) is 82.9 Å². The number of ether oxygens (including phenoxy) is 1. The van der Waals surface area contributed by atoms with Gasteiger partial charge in [-0.2, -0.15) is 8.42 Å². The van der Waals surface area contributed by atoms with E-state index in [4.69, 9.17) is 14.7 Å². The van der Waals surface area contributed by atoms with E-state index >= 15 is 0 Å². The van der Waals surface area contributed by atoms with Crippen molar-refractivity contribution in [2.24, 2.45) is 5.73 Å². The number of hydrogen-bond acceptors (Lipinski definition) is 6. The first kappa shape index (κ1) is 21.0. The van der Waals surface area contributed by atoms with Crippen molar-refractivity contribution in [3.63, 3.8) is 0 Å². The Hall–Kier alpha value is -2.75. The average molecular weight is 417 g/mol. The Morgan fingerprint density at radius 3 is 2.31 bits per heavy atom. The van der Waals surface area contributed by atoms with E-state index < -0.39 is 54.8 Å². The van der Waals surface area contributed by atoms with Crippen LogP contribution in [0, 0.1) is 11.6 Å². The summed E-state index contributed by atoms with van der Waals surface area (Å²) in [5, 5.41) is 0. The number of halogens is 2. The van der Waals surface area contributed by atoms with E-state index in [1.807, 2.05) is 0 Å². The summed E-state index contributed by atoms with van der Waals surface area (Å²) in [5.74, 6) is -4.93. The summed E-state index contributed by atoms with van der Waals surface area (Å²) in [4.78, 5) is 12.9. The van der Waals surface area contributed by atoms with Crippen LogP contribution in [-0.4, -0.2) is 37.7 Å². The molecule has 0 aromatic heterocycles. The van der Waals surface area contributed by atoms with E-state index in [9.17, 15) is 22.0 Å². The van der Waals surface area contributed by atoms with Crippen LogP contribution in [0.3, 0.4) is 0 Å². The first-order valence-corrected chi connectivity index (χ1v) is 10.0. The van der Waals surface area contributed by atoms with E-state index in [-0.39, 0.29) is 0 Å². The lowest BCUT2D eigenvalue weighted by Gasteiger charge is -2.26. The van der Waals surface area contributed by atoms with Gasteiger partial charge < -0.3 is 14.7 Å². The third-order valence-corrected chi connectivity index (χ3v) is 6.80. The maximum absolute atomic E-state index is 14.2.